The fraction of sp³-hybridized carbons (Fsp3) is 0.211. The van der Waals surface area contributed by atoms with E-state index in [1.165, 1.54) is 6.21 Å². The molecule has 3 rings (SSSR count). The summed E-state index contributed by atoms with van der Waals surface area (Å²) in [5, 5.41) is 18.5. The van der Waals surface area contributed by atoms with E-state index >= 15 is 0 Å². The highest BCUT2D eigenvalue weighted by Gasteiger charge is 2.32. The number of nitrogens with zero attached hydrogens (tertiary/aromatic N) is 2. The number of nitrogens with one attached hydrogen (secondary N) is 1. The lowest BCUT2D eigenvalue weighted by Gasteiger charge is -2.02. The Morgan fingerprint density at radius 1 is 1.28 bits per heavy atom. The number of hydrogen-bond donors (Lipinski definition) is 2. The monoisotopic (exact) mass is 415 g/mol. The van der Waals surface area contributed by atoms with Crippen molar-refractivity contribution in [1.82, 2.24) is 5.32 Å². The van der Waals surface area contributed by atoms with Crippen LogP contribution in [0.25, 0.3) is 11.3 Å². The number of ether oxygens (including phenoxy) is 1. The van der Waals surface area contributed by atoms with E-state index in [4.69, 9.17) is 14.3 Å². The van der Waals surface area contributed by atoms with Crippen LogP contribution in [-0.4, -0.2) is 46.2 Å². The minimum Gasteiger partial charge on any atom is -0.481 e. The van der Waals surface area contributed by atoms with E-state index in [1.807, 2.05) is 0 Å². The molecule has 1 fully saturated rings. The Morgan fingerprint density at radius 2 is 2.03 bits per heavy atom. The Bertz CT molecular complexity index is 980. The van der Waals surface area contributed by atoms with Gasteiger partial charge in [-0.25, -0.2) is 4.79 Å². The van der Waals surface area contributed by atoms with Gasteiger partial charge in [0.25, 0.3) is 0 Å². The summed E-state index contributed by atoms with van der Waals surface area (Å²) in [4.78, 5) is 34.0. The summed E-state index contributed by atoms with van der Waals surface area (Å²) in [6.45, 7) is 2.06. The zero-order chi connectivity index (χ0) is 20.8. The van der Waals surface area contributed by atoms with Crippen molar-refractivity contribution in [3.8, 4) is 11.3 Å². The van der Waals surface area contributed by atoms with Crippen LogP contribution in [0.2, 0.25) is 0 Å². The van der Waals surface area contributed by atoms with Crippen molar-refractivity contribution < 1.29 is 28.6 Å². The molecule has 1 saturated heterocycles. The molecule has 9 nitrogen and oxygen atoms in total. The van der Waals surface area contributed by atoms with Crippen LogP contribution >= 0.6 is 11.8 Å². The van der Waals surface area contributed by atoms with Gasteiger partial charge in [-0.3, -0.25) is 9.59 Å². The van der Waals surface area contributed by atoms with Gasteiger partial charge in [-0.1, -0.05) is 23.9 Å². The third-order valence-electron chi connectivity index (χ3n) is 3.78. The number of carbonyl (C=O) groups is 3. The van der Waals surface area contributed by atoms with Gasteiger partial charge < -0.3 is 19.6 Å². The van der Waals surface area contributed by atoms with Gasteiger partial charge in [0.15, 0.2) is 5.17 Å². The SMILES string of the molecule is CCOC(=O)c1ccc(-c2ccc(/C=N\N=C3\NC(=O)[C@H](CC(=O)O)S3)o2)cc1. The first-order valence-corrected chi connectivity index (χ1v) is 9.52. The second-order valence-electron chi connectivity index (χ2n) is 5.84. The van der Waals surface area contributed by atoms with Crippen LogP contribution in [0, 0.1) is 0 Å². The number of esters is 1. The number of furan rings is 1. The van der Waals surface area contributed by atoms with Crippen molar-refractivity contribution in [1.29, 1.82) is 0 Å². The van der Waals surface area contributed by atoms with E-state index < -0.39 is 17.1 Å². The van der Waals surface area contributed by atoms with Gasteiger partial charge in [0.2, 0.25) is 5.91 Å². The van der Waals surface area contributed by atoms with Gasteiger partial charge in [-0.15, -0.1) is 5.10 Å². The first-order chi connectivity index (χ1) is 14.0. The molecule has 0 unspecified atom stereocenters. The zero-order valence-corrected chi connectivity index (χ0v) is 16.1. The summed E-state index contributed by atoms with van der Waals surface area (Å²) in [6.07, 6.45) is 1.09. The van der Waals surface area contributed by atoms with Crippen LogP contribution < -0.4 is 5.32 Å². The molecule has 0 aliphatic carbocycles. The van der Waals surface area contributed by atoms with Crippen molar-refractivity contribution in [3.63, 3.8) is 0 Å². The zero-order valence-electron chi connectivity index (χ0n) is 15.3. The third kappa shape index (κ3) is 5.32. The number of amides is 1. The maximum Gasteiger partial charge on any atom is 0.338 e. The Balaban J connectivity index is 1.62. The molecule has 1 aliphatic rings. The summed E-state index contributed by atoms with van der Waals surface area (Å²) in [7, 11) is 0. The number of rotatable bonds is 7. The highest BCUT2D eigenvalue weighted by molar-refractivity contribution is 8.15. The summed E-state index contributed by atoms with van der Waals surface area (Å²) >= 11 is 1.02. The number of carbonyl (C=O) groups excluding carboxylic acids is 2. The van der Waals surface area contributed by atoms with Gasteiger partial charge in [0.05, 0.1) is 24.8 Å². The number of amidine groups is 1. The number of aliphatic carboxylic acids is 1. The molecule has 1 atom stereocenters. The molecule has 1 amide bonds. The molecule has 0 saturated carbocycles. The van der Waals surface area contributed by atoms with Gasteiger partial charge in [0.1, 0.15) is 16.8 Å². The number of thioether (sulfide) groups is 1. The van der Waals surface area contributed by atoms with Crippen molar-refractivity contribution >= 4 is 41.0 Å². The topological polar surface area (TPSA) is 131 Å². The maximum atomic E-state index is 11.7. The second-order valence-corrected chi connectivity index (χ2v) is 7.03. The number of carboxylic acid groups (broad SMARTS) is 1. The summed E-state index contributed by atoms with van der Waals surface area (Å²) < 4.78 is 10.6. The van der Waals surface area contributed by atoms with E-state index in [0.717, 1.165) is 17.3 Å². The first-order valence-electron chi connectivity index (χ1n) is 8.64. The Kier molecular flexibility index (Phi) is 6.45. The quantitative estimate of drug-likeness (QED) is 0.404. The highest BCUT2D eigenvalue weighted by atomic mass is 32.2. The first kappa shape index (κ1) is 20.3. The largest absolute Gasteiger partial charge is 0.481 e. The predicted molar refractivity (Wildman–Crippen MR) is 107 cm³/mol. The van der Waals surface area contributed by atoms with Gasteiger partial charge in [-0.05, 0) is 31.2 Å². The highest BCUT2D eigenvalue weighted by Crippen LogP contribution is 2.23. The molecule has 1 aromatic heterocycles. The summed E-state index contributed by atoms with van der Waals surface area (Å²) in [5.41, 5.74) is 1.23. The lowest BCUT2D eigenvalue weighted by atomic mass is 10.1. The van der Waals surface area contributed by atoms with Crippen molar-refractivity contribution in [2.24, 2.45) is 10.2 Å². The van der Waals surface area contributed by atoms with Crippen molar-refractivity contribution in [3.05, 3.63) is 47.7 Å². The molecule has 10 heteroatoms. The van der Waals surface area contributed by atoms with Gasteiger partial charge in [0, 0.05) is 5.56 Å². The average molecular weight is 415 g/mol. The van der Waals surface area contributed by atoms with Crippen LogP contribution in [-0.2, 0) is 14.3 Å². The Hall–Kier alpha value is -3.40. The third-order valence-corrected chi connectivity index (χ3v) is 4.85. The molecule has 2 heterocycles. The van der Waals surface area contributed by atoms with E-state index in [-0.39, 0.29) is 17.6 Å². The molecule has 2 N–H and O–H groups in total. The van der Waals surface area contributed by atoms with E-state index in [0.29, 0.717) is 23.7 Å². The van der Waals surface area contributed by atoms with E-state index in [2.05, 4.69) is 15.5 Å². The lowest BCUT2D eigenvalue weighted by Crippen LogP contribution is -2.26. The molecule has 150 valence electrons. The molecule has 2 aromatic rings. The minimum absolute atomic E-state index is 0.235. The van der Waals surface area contributed by atoms with Crippen molar-refractivity contribution in [2.45, 2.75) is 18.6 Å². The molecular formula is C19H17N3O6S. The van der Waals surface area contributed by atoms with Crippen molar-refractivity contribution in [2.75, 3.05) is 6.61 Å². The molecule has 1 aliphatic heterocycles. The molecule has 0 radical (unpaired) electrons. The molecule has 29 heavy (non-hydrogen) atoms. The normalized spacial score (nSPS) is 17.6. The molecule has 0 bridgehead atoms. The maximum absolute atomic E-state index is 11.7. The summed E-state index contributed by atoms with van der Waals surface area (Å²) in [6, 6.07) is 10.3. The lowest BCUT2D eigenvalue weighted by molar-refractivity contribution is -0.138. The minimum atomic E-state index is -1.05. The van der Waals surface area contributed by atoms with Crippen LogP contribution in [0.15, 0.2) is 51.0 Å². The van der Waals surface area contributed by atoms with Gasteiger partial charge in [-0.2, -0.15) is 5.10 Å². The van der Waals surface area contributed by atoms with Crippen LogP contribution in [0.4, 0.5) is 0 Å². The molecule has 1 aromatic carbocycles. The van der Waals surface area contributed by atoms with Crippen LogP contribution in [0.3, 0.4) is 0 Å². The fourth-order valence-corrected chi connectivity index (χ4v) is 3.36. The number of benzene rings is 1. The Labute approximate surface area is 169 Å². The van der Waals surface area contributed by atoms with Gasteiger partial charge >= 0.3 is 11.9 Å². The second kappa shape index (κ2) is 9.20. The fourth-order valence-electron chi connectivity index (χ4n) is 2.45. The number of hydrogen-bond acceptors (Lipinski definition) is 8. The van der Waals surface area contributed by atoms with Crippen LogP contribution in [0.1, 0.15) is 29.5 Å². The standard InChI is InChI=1S/C19H17N3O6S/c1-2-27-18(26)12-5-3-11(4-6-12)14-8-7-13(28-14)10-20-22-19-21-17(25)15(29-19)9-16(23)24/h3-8,10,15H,2,9H2,1H3,(H,23,24)(H,21,22,25)/b20-10-/t15-/m0/s1. The van der Waals surface area contributed by atoms with E-state index in [9.17, 15) is 14.4 Å². The molecular weight excluding hydrogens is 398 g/mol. The van der Waals surface area contributed by atoms with E-state index in [1.54, 1.807) is 43.3 Å². The van der Waals surface area contributed by atoms with Crippen LogP contribution in [0.5, 0.6) is 0 Å². The predicted octanol–water partition coefficient (Wildman–Crippen LogP) is 2.52. The average Bonchev–Trinajstić information content (AvgIpc) is 3.29. The number of carboxylic acids is 1. The summed E-state index contributed by atoms with van der Waals surface area (Å²) in [5.74, 6) is -0.818. The Morgan fingerprint density at radius 3 is 2.72 bits per heavy atom. The molecule has 0 spiro atoms. The smallest absolute Gasteiger partial charge is 0.338 e.